The van der Waals surface area contributed by atoms with Crippen LogP contribution in [0.25, 0.3) is 0 Å². The number of hydrogen-bond acceptors (Lipinski definition) is 7. The molecule has 0 amide bonds. The third-order valence-corrected chi connectivity index (χ3v) is 5.94. The number of hydrogen-bond donors (Lipinski definition) is 0. The van der Waals surface area contributed by atoms with E-state index in [1.54, 1.807) is 0 Å². The van der Waals surface area contributed by atoms with E-state index in [1.807, 2.05) is 35.2 Å². The lowest BCUT2D eigenvalue weighted by molar-refractivity contribution is -0.155. The van der Waals surface area contributed by atoms with E-state index in [2.05, 4.69) is 25.7 Å². The number of rotatable bonds is 7. The molecular formula is C20H28N2O5Si. The Morgan fingerprint density at radius 3 is 2.29 bits per heavy atom. The van der Waals surface area contributed by atoms with E-state index in [0.717, 1.165) is 5.56 Å². The van der Waals surface area contributed by atoms with Gasteiger partial charge in [0.25, 0.3) is 0 Å². The molecule has 28 heavy (non-hydrogen) atoms. The molecule has 1 saturated heterocycles. The Hall–Kier alpha value is -2.21. The highest BCUT2D eigenvalue weighted by molar-refractivity contribution is 6.69. The normalized spacial score (nSPS) is 23.6. The van der Waals surface area contributed by atoms with Gasteiger partial charge in [0.2, 0.25) is 0 Å². The molecule has 1 aromatic rings. The zero-order chi connectivity index (χ0) is 20.9. The van der Waals surface area contributed by atoms with Crippen LogP contribution in [0.1, 0.15) is 11.6 Å². The average molecular weight is 405 g/mol. The number of nitriles is 1. The Morgan fingerprint density at radius 2 is 1.79 bits per heavy atom. The van der Waals surface area contributed by atoms with Crippen LogP contribution in [0.4, 0.5) is 0 Å². The van der Waals surface area contributed by atoms with Crippen molar-refractivity contribution in [2.75, 3.05) is 27.4 Å². The van der Waals surface area contributed by atoms with E-state index >= 15 is 0 Å². The number of likely N-dealkylation sites (tertiary alicyclic amines) is 1. The zero-order valence-corrected chi connectivity index (χ0v) is 18.0. The smallest absolute Gasteiger partial charge is 0.312 e. The van der Waals surface area contributed by atoms with Gasteiger partial charge >= 0.3 is 11.9 Å². The maximum absolute atomic E-state index is 12.4. The van der Waals surface area contributed by atoms with Gasteiger partial charge in [-0.25, -0.2) is 0 Å². The van der Waals surface area contributed by atoms with E-state index in [4.69, 9.17) is 13.9 Å². The molecule has 8 heteroatoms. The molecule has 0 spiro atoms. The van der Waals surface area contributed by atoms with Gasteiger partial charge in [-0.1, -0.05) is 30.3 Å². The van der Waals surface area contributed by atoms with Crippen LogP contribution < -0.4 is 0 Å². The molecule has 1 aliphatic rings. The Balaban J connectivity index is 2.44. The fourth-order valence-electron chi connectivity index (χ4n) is 3.55. The van der Waals surface area contributed by atoms with Gasteiger partial charge in [-0.3, -0.25) is 14.5 Å². The van der Waals surface area contributed by atoms with E-state index in [9.17, 15) is 14.9 Å². The lowest BCUT2D eigenvalue weighted by atomic mass is 9.91. The Morgan fingerprint density at radius 1 is 1.18 bits per heavy atom. The number of nitrogens with zero attached hydrogens (tertiary/aromatic N) is 2. The fraction of sp³-hybridized carbons (Fsp3) is 0.550. The summed E-state index contributed by atoms with van der Waals surface area (Å²) in [6.07, 6.45) is 0. The van der Waals surface area contributed by atoms with Crippen molar-refractivity contribution in [3.8, 4) is 6.07 Å². The standard InChI is InChI=1S/C20H28N2O5Si/c1-25-19(23)15-12-22(16(11-21)18(15)20(24)26-2)17(13-27-28(3,4)5)14-9-7-6-8-10-14/h6-10,15-18H,12-13H2,1-5H3/t15?,16?,17-,18?/m0/s1. The SMILES string of the molecule is COC(=O)C1CN([C@@H](CO[Si](C)(C)C)c2ccccc2)C(C#N)C1C(=O)OC. The quantitative estimate of drug-likeness (QED) is 0.509. The maximum Gasteiger partial charge on any atom is 0.312 e. The zero-order valence-electron chi connectivity index (χ0n) is 17.0. The van der Waals surface area contributed by atoms with Crippen molar-refractivity contribution in [3.05, 3.63) is 35.9 Å². The largest absolute Gasteiger partial charge is 0.469 e. The number of esters is 2. The molecule has 1 aliphatic heterocycles. The first kappa shape index (κ1) is 22.1. The highest BCUT2D eigenvalue weighted by Gasteiger charge is 2.52. The first-order chi connectivity index (χ1) is 13.2. The third kappa shape index (κ3) is 4.98. The van der Waals surface area contributed by atoms with Crippen molar-refractivity contribution < 1.29 is 23.5 Å². The Labute approximate surface area is 167 Å². The predicted molar refractivity (Wildman–Crippen MR) is 106 cm³/mol. The van der Waals surface area contributed by atoms with Crippen LogP contribution in [0.5, 0.6) is 0 Å². The highest BCUT2D eigenvalue weighted by atomic mass is 28.4. The molecule has 2 rings (SSSR count). The summed E-state index contributed by atoms with van der Waals surface area (Å²) in [5.41, 5.74) is 0.968. The Kier molecular flexibility index (Phi) is 7.35. The van der Waals surface area contributed by atoms with Gasteiger partial charge < -0.3 is 13.9 Å². The summed E-state index contributed by atoms with van der Waals surface area (Å²) >= 11 is 0. The van der Waals surface area contributed by atoms with Gasteiger partial charge in [0.15, 0.2) is 8.32 Å². The lowest BCUT2D eigenvalue weighted by Gasteiger charge is -2.33. The van der Waals surface area contributed by atoms with Crippen LogP contribution in [0.3, 0.4) is 0 Å². The number of carbonyl (C=O) groups is 2. The van der Waals surface area contributed by atoms with Crippen LogP contribution in [-0.4, -0.2) is 58.6 Å². The predicted octanol–water partition coefficient (Wildman–Crippen LogP) is 2.37. The average Bonchev–Trinajstić information content (AvgIpc) is 3.06. The molecule has 1 heterocycles. The number of ether oxygens (including phenoxy) is 2. The van der Waals surface area contributed by atoms with Gasteiger partial charge in [-0.15, -0.1) is 0 Å². The van der Waals surface area contributed by atoms with Gasteiger partial charge in [0.1, 0.15) is 12.0 Å². The van der Waals surface area contributed by atoms with Crippen molar-refractivity contribution in [1.29, 1.82) is 5.26 Å². The van der Waals surface area contributed by atoms with Gasteiger partial charge in [-0.05, 0) is 25.2 Å². The van der Waals surface area contributed by atoms with E-state index in [1.165, 1.54) is 14.2 Å². The summed E-state index contributed by atoms with van der Waals surface area (Å²) < 4.78 is 15.9. The van der Waals surface area contributed by atoms with Crippen molar-refractivity contribution >= 4 is 20.3 Å². The van der Waals surface area contributed by atoms with E-state index < -0.39 is 38.1 Å². The van der Waals surface area contributed by atoms with Crippen LogP contribution in [0, 0.1) is 23.2 Å². The summed E-state index contributed by atoms with van der Waals surface area (Å²) in [6, 6.07) is 10.8. The van der Waals surface area contributed by atoms with Gasteiger partial charge in [0, 0.05) is 6.54 Å². The van der Waals surface area contributed by atoms with Gasteiger partial charge in [-0.2, -0.15) is 5.26 Å². The Bertz CT molecular complexity index is 728. The maximum atomic E-state index is 12.4. The van der Waals surface area contributed by atoms with Crippen molar-refractivity contribution in [1.82, 2.24) is 4.90 Å². The molecule has 0 aliphatic carbocycles. The molecule has 7 nitrogen and oxygen atoms in total. The minimum atomic E-state index is -1.82. The molecule has 4 atom stereocenters. The molecule has 0 bridgehead atoms. The van der Waals surface area contributed by atoms with Crippen molar-refractivity contribution in [3.63, 3.8) is 0 Å². The summed E-state index contributed by atoms with van der Waals surface area (Å²) in [4.78, 5) is 26.6. The van der Waals surface area contributed by atoms with Crippen molar-refractivity contribution in [2.24, 2.45) is 11.8 Å². The minimum absolute atomic E-state index is 0.222. The van der Waals surface area contributed by atoms with Gasteiger partial charge in [0.05, 0.1) is 38.9 Å². The number of benzene rings is 1. The molecule has 152 valence electrons. The topological polar surface area (TPSA) is 88.9 Å². The minimum Gasteiger partial charge on any atom is -0.469 e. The summed E-state index contributed by atoms with van der Waals surface area (Å²) in [5, 5.41) is 9.86. The highest BCUT2D eigenvalue weighted by Crippen LogP contribution is 2.38. The molecule has 0 aromatic heterocycles. The third-order valence-electron chi connectivity index (χ3n) is 4.91. The summed E-state index contributed by atoms with van der Waals surface area (Å²) in [5.74, 6) is -2.76. The molecular weight excluding hydrogens is 376 g/mol. The first-order valence-corrected chi connectivity index (χ1v) is 12.6. The van der Waals surface area contributed by atoms with Crippen LogP contribution in [0.2, 0.25) is 19.6 Å². The van der Waals surface area contributed by atoms with E-state index in [0.29, 0.717) is 6.61 Å². The second-order valence-corrected chi connectivity index (χ2v) is 12.3. The van der Waals surface area contributed by atoms with Crippen LogP contribution >= 0.6 is 0 Å². The molecule has 0 radical (unpaired) electrons. The fourth-order valence-corrected chi connectivity index (χ4v) is 4.20. The van der Waals surface area contributed by atoms with E-state index in [-0.39, 0.29) is 12.6 Å². The molecule has 0 N–H and O–H groups in total. The molecule has 1 aromatic carbocycles. The van der Waals surface area contributed by atoms with Crippen molar-refractivity contribution in [2.45, 2.75) is 31.7 Å². The second kappa shape index (κ2) is 9.32. The molecule has 1 fully saturated rings. The summed E-state index contributed by atoms with van der Waals surface area (Å²) in [7, 11) is 0.722. The van der Waals surface area contributed by atoms with Crippen LogP contribution in [-0.2, 0) is 23.5 Å². The summed E-state index contributed by atoms with van der Waals surface area (Å²) in [6.45, 7) is 6.87. The monoisotopic (exact) mass is 404 g/mol. The number of methoxy groups -OCH3 is 2. The molecule has 0 saturated carbocycles. The molecule has 3 unspecified atom stereocenters. The number of carbonyl (C=O) groups excluding carboxylic acids is 2. The van der Waals surface area contributed by atoms with Crippen LogP contribution in [0.15, 0.2) is 30.3 Å². The lowest BCUT2D eigenvalue weighted by Crippen LogP contribution is -2.41. The second-order valence-electron chi connectivity index (χ2n) is 7.80. The first-order valence-electron chi connectivity index (χ1n) is 9.23.